The van der Waals surface area contributed by atoms with Gasteiger partial charge >= 0.3 is 6.61 Å². The SMILES string of the molecule is Cc1c(C#N)c(NC(=O)CN(C)Cc2cccc(OC(F)F)c2)n(Cc2ccc(F)cc2)c1C. The number of benzene rings is 2. The maximum atomic E-state index is 13.3. The molecule has 6 nitrogen and oxygen atoms in total. The number of halogens is 3. The number of hydrogen-bond donors (Lipinski definition) is 1. The number of hydrogen-bond acceptors (Lipinski definition) is 4. The normalized spacial score (nSPS) is 11.0. The van der Waals surface area contributed by atoms with E-state index in [4.69, 9.17) is 0 Å². The van der Waals surface area contributed by atoms with Crippen LogP contribution in [-0.2, 0) is 17.9 Å². The van der Waals surface area contributed by atoms with Gasteiger partial charge in [0.2, 0.25) is 5.91 Å². The first kappa shape index (κ1) is 24.9. The number of carbonyl (C=O) groups excluding carboxylic acids is 1. The molecule has 0 radical (unpaired) electrons. The minimum absolute atomic E-state index is 0.00459. The van der Waals surface area contributed by atoms with Gasteiger partial charge in [-0.1, -0.05) is 24.3 Å². The van der Waals surface area contributed by atoms with Gasteiger partial charge in [-0.05, 0) is 61.9 Å². The number of alkyl halides is 2. The zero-order valence-electron chi connectivity index (χ0n) is 19.1. The van der Waals surface area contributed by atoms with E-state index in [-0.39, 0.29) is 24.0 Å². The summed E-state index contributed by atoms with van der Waals surface area (Å²) in [5.74, 6) is -0.247. The van der Waals surface area contributed by atoms with Crippen molar-refractivity contribution in [2.75, 3.05) is 18.9 Å². The van der Waals surface area contributed by atoms with Crippen LogP contribution in [0.1, 0.15) is 27.9 Å². The van der Waals surface area contributed by atoms with Crippen molar-refractivity contribution in [2.24, 2.45) is 0 Å². The number of ether oxygens (including phenoxy) is 1. The molecule has 3 aromatic rings. The van der Waals surface area contributed by atoms with Gasteiger partial charge < -0.3 is 14.6 Å². The van der Waals surface area contributed by atoms with Crippen molar-refractivity contribution in [1.29, 1.82) is 5.26 Å². The molecule has 9 heteroatoms. The van der Waals surface area contributed by atoms with Gasteiger partial charge in [0.15, 0.2) is 0 Å². The number of likely N-dealkylation sites (N-methyl/N-ethyl adjacent to an activating group) is 1. The Labute approximate surface area is 196 Å². The molecule has 3 rings (SSSR count). The lowest BCUT2D eigenvalue weighted by atomic mass is 10.2. The largest absolute Gasteiger partial charge is 0.435 e. The summed E-state index contributed by atoms with van der Waals surface area (Å²) >= 11 is 0. The lowest BCUT2D eigenvalue weighted by Crippen LogP contribution is -2.30. The van der Waals surface area contributed by atoms with Crippen LogP contribution in [0, 0.1) is 31.0 Å². The van der Waals surface area contributed by atoms with E-state index in [1.807, 2.05) is 18.4 Å². The monoisotopic (exact) mass is 470 g/mol. The van der Waals surface area contributed by atoms with Crippen molar-refractivity contribution >= 4 is 11.7 Å². The summed E-state index contributed by atoms with van der Waals surface area (Å²) in [6.45, 7) is 1.45. The van der Waals surface area contributed by atoms with Crippen LogP contribution in [-0.4, -0.2) is 35.6 Å². The average Bonchev–Trinajstić information content (AvgIpc) is 2.98. The zero-order chi connectivity index (χ0) is 24.8. The molecule has 0 aliphatic rings. The van der Waals surface area contributed by atoms with E-state index in [2.05, 4.69) is 16.1 Å². The maximum absolute atomic E-state index is 13.3. The van der Waals surface area contributed by atoms with Gasteiger partial charge in [-0.3, -0.25) is 9.69 Å². The van der Waals surface area contributed by atoms with Gasteiger partial charge in [-0.15, -0.1) is 0 Å². The molecular weight excluding hydrogens is 445 g/mol. The second-order valence-electron chi connectivity index (χ2n) is 8.00. The Kier molecular flexibility index (Phi) is 7.97. The molecule has 34 heavy (non-hydrogen) atoms. The summed E-state index contributed by atoms with van der Waals surface area (Å²) in [5, 5.41) is 12.5. The molecule has 0 atom stereocenters. The number of nitrogens with zero attached hydrogens (tertiary/aromatic N) is 3. The summed E-state index contributed by atoms with van der Waals surface area (Å²) in [5.41, 5.74) is 3.47. The molecule has 1 aromatic heterocycles. The van der Waals surface area contributed by atoms with Crippen LogP contribution in [0.15, 0.2) is 48.5 Å². The maximum Gasteiger partial charge on any atom is 0.387 e. The molecule has 1 heterocycles. The van der Waals surface area contributed by atoms with Crippen molar-refractivity contribution in [3.8, 4) is 11.8 Å². The Hall–Kier alpha value is -3.77. The molecular formula is C25H25F3N4O2. The van der Waals surface area contributed by atoms with Gasteiger partial charge in [0.25, 0.3) is 0 Å². The van der Waals surface area contributed by atoms with Gasteiger partial charge in [-0.2, -0.15) is 14.0 Å². The fraction of sp³-hybridized carbons (Fsp3) is 0.280. The van der Waals surface area contributed by atoms with E-state index in [0.29, 0.717) is 30.0 Å². The van der Waals surface area contributed by atoms with Gasteiger partial charge in [-0.25, -0.2) is 4.39 Å². The molecule has 0 fully saturated rings. The molecule has 178 valence electrons. The first-order chi connectivity index (χ1) is 16.2. The molecule has 1 amide bonds. The second kappa shape index (κ2) is 10.9. The third-order valence-corrected chi connectivity index (χ3v) is 5.44. The van der Waals surface area contributed by atoms with Crippen LogP contribution in [0.5, 0.6) is 5.75 Å². The van der Waals surface area contributed by atoms with Crippen molar-refractivity contribution in [2.45, 2.75) is 33.5 Å². The number of carbonyl (C=O) groups is 1. The lowest BCUT2D eigenvalue weighted by Gasteiger charge is -2.18. The number of rotatable bonds is 9. The molecule has 1 N–H and O–H groups in total. The summed E-state index contributed by atoms with van der Waals surface area (Å²) in [6, 6.07) is 14.5. The third kappa shape index (κ3) is 6.17. The predicted molar refractivity (Wildman–Crippen MR) is 122 cm³/mol. The molecule has 0 unspecified atom stereocenters. The Balaban J connectivity index is 1.73. The average molecular weight is 470 g/mol. The Bertz CT molecular complexity index is 1200. The summed E-state index contributed by atoms with van der Waals surface area (Å²) in [6.07, 6.45) is 0. The number of nitriles is 1. The molecule has 2 aromatic carbocycles. The number of aromatic nitrogens is 1. The predicted octanol–water partition coefficient (Wildman–Crippen LogP) is 4.84. The van der Waals surface area contributed by atoms with E-state index >= 15 is 0 Å². The summed E-state index contributed by atoms with van der Waals surface area (Å²) in [4.78, 5) is 14.5. The summed E-state index contributed by atoms with van der Waals surface area (Å²) in [7, 11) is 1.72. The minimum Gasteiger partial charge on any atom is -0.435 e. The lowest BCUT2D eigenvalue weighted by molar-refractivity contribution is -0.117. The van der Waals surface area contributed by atoms with Gasteiger partial charge in [0.05, 0.1) is 12.1 Å². The highest BCUT2D eigenvalue weighted by Gasteiger charge is 2.20. The quantitative estimate of drug-likeness (QED) is 0.486. The highest BCUT2D eigenvalue weighted by Crippen LogP contribution is 2.27. The topological polar surface area (TPSA) is 70.3 Å². The molecule has 0 spiro atoms. The smallest absolute Gasteiger partial charge is 0.387 e. The second-order valence-corrected chi connectivity index (χ2v) is 8.00. The van der Waals surface area contributed by atoms with Crippen LogP contribution < -0.4 is 10.1 Å². The van der Waals surface area contributed by atoms with Crippen molar-refractivity contribution < 1.29 is 22.7 Å². The molecule has 0 saturated carbocycles. The number of amides is 1. The molecule has 0 saturated heterocycles. The number of nitrogens with one attached hydrogen (secondary N) is 1. The minimum atomic E-state index is -2.91. The summed E-state index contributed by atoms with van der Waals surface area (Å²) < 4.78 is 44.4. The van der Waals surface area contributed by atoms with E-state index in [0.717, 1.165) is 16.8 Å². The Morgan fingerprint density at radius 1 is 1.18 bits per heavy atom. The van der Waals surface area contributed by atoms with Crippen molar-refractivity contribution in [3.63, 3.8) is 0 Å². The fourth-order valence-electron chi connectivity index (χ4n) is 3.70. The van der Waals surface area contributed by atoms with E-state index < -0.39 is 6.61 Å². The molecule has 0 bridgehead atoms. The Morgan fingerprint density at radius 2 is 1.88 bits per heavy atom. The van der Waals surface area contributed by atoms with E-state index in [9.17, 15) is 23.2 Å². The van der Waals surface area contributed by atoms with E-state index in [1.165, 1.54) is 24.3 Å². The molecule has 0 aliphatic heterocycles. The Morgan fingerprint density at radius 3 is 2.53 bits per heavy atom. The van der Waals surface area contributed by atoms with Crippen LogP contribution >= 0.6 is 0 Å². The molecule has 0 aliphatic carbocycles. The van der Waals surface area contributed by atoms with Crippen molar-refractivity contribution in [1.82, 2.24) is 9.47 Å². The van der Waals surface area contributed by atoms with Crippen LogP contribution in [0.4, 0.5) is 19.0 Å². The highest BCUT2D eigenvalue weighted by atomic mass is 19.3. The number of anilines is 1. The van der Waals surface area contributed by atoms with Crippen LogP contribution in [0.3, 0.4) is 0 Å². The van der Waals surface area contributed by atoms with Crippen LogP contribution in [0.25, 0.3) is 0 Å². The standard InChI is InChI=1S/C25H25F3N4O2/c1-16-17(2)32(14-18-7-9-20(26)10-8-18)24(22(16)12-29)30-23(33)15-31(3)13-19-5-4-6-21(11-19)34-25(27)28/h4-11,25H,13-15H2,1-3H3,(H,30,33). The van der Waals surface area contributed by atoms with E-state index in [1.54, 1.807) is 36.2 Å². The third-order valence-electron chi connectivity index (χ3n) is 5.44. The highest BCUT2D eigenvalue weighted by molar-refractivity contribution is 5.93. The fourth-order valence-corrected chi connectivity index (χ4v) is 3.70. The van der Waals surface area contributed by atoms with Gasteiger partial charge in [0, 0.05) is 18.8 Å². The first-order valence-electron chi connectivity index (χ1n) is 10.5. The zero-order valence-corrected chi connectivity index (χ0v) is 19.1. The van der Waals surface area contributed by atoms with Crippen LogP contribution in [0.2, 0.25) is 0 Å². The van der Waals surface area contributed by atoms with Gasteiger partial charge in [0.1, 0.15) is 23.5 Å². The van der Waals surface area contributed by atoms with Crippen molar-refractivity contribution in [3.05, 3.63) is 82.3 Å². The first-order valence-corrected chi connectivity index (χ1v) is 10.5.